The Balaban J connectivity index is 2.45. The molecule has 0 nitrogen and oxygen atoms in total. The van der Waals surface area contributed by atoms with Crippen molar-refractivity contribution in [1.29, 1.82) is 0 Å². The molecule has 0 N–H and O–H groups in total. The first kappa shape index (κ1) is 10.5. The zero-order chi connectivity index (χ0) is 9.52. The van der Waals surface area contributed by atoms with E-state index in [9.17, 15) is 0 Å². The molecule has 70 valence electrons. The van der Waals surface area contributed by atoms with E-state index in [2.05, 4.69) is 59.3 Å². The first-order valence-corrected chi connectivity index (χ1v) is 5.51. The van der Waals surface area contributed by atoms with Gasteiger partial charge in [-0.1, -0.05) is 53.6 Å². The second-order valence-corrected chi connectivity index (χ2v) is 4.01. The standard InChI is InChI=1S/C12H15Br/c1-2-3-4-5-7-11-8-6-9-12(13)10-11/h4-6,8-10H,2-3,7H2,1H3. The lowest BCUT2D eigenvalue weighted by Gasteiger charge is -1.96. The van der Waals surface area contributed by atoms with Crippen LogP contribution in [0, 0.1) is 0 Å². The van der Waals surface area contributed by atoms with Crippen LogP contribution in [0.3, 0.4) is 0 Å². The summed E-state index contributed by atoms with van der Waals surface area (Å²) in [4.78, 5) is 0. The van der Waals surface area contributed by atoms with Crippen molar-refractivity contribution >= 4 is 15.9 Å². The Hall–Kier alpha value is -0.560. The average molecular weight is 239 g/mol. The number of unbranched alkanes of at least 4 members (excludes halogenated alkanes) is 1. The molecular formula is C12H15Br. The van der Waals surface area contributed by atoms with Gasteiger partial charge in [-0.05, 0) is 30.5 Å². The lowest BCUT2D eigenvalue weighted by molar-refractivity contribution is 0.953. The monoisotopic (exact) mass is 238 g/mol. The molecule has 0 aromatic heterocycles. The van der Waals surface area contributed by atoms with Crippen molar-refractivity contribution in [3.05, 3.63) is 46.5 Å². The molecule has 0 atom stereocenters. The highest BCUT2D eigenvalue weighted by Crippen LogP contribution is 2.12. The van der Waals surface area contributed by atoms with Gasteiger partial charge in [0.25, 0.3) is 0 Å². The Kier molecular flexibility index (Phi) is 4.84. The maximum Gasteiger partial charge on any atom is 0.0178 e. The molecule has 0 bridgehead atoms. The largest absolute Gasteiger partial charge is 0.0882 e. The summed E-state index contributed by atoms with van der Waals surface area (Å²) in [5.74, 6) is 0. The lowest BCUT2D eigenvalue weighted by Crippen LogP contribution is -1.79. The van der Waals surface area contributed by atoms with Crippen molar-refractivity contribution in [1.82, 2.24) is 0 Å². The molecule has 1 rings (SSSR count). The molecule has 0 aliphatic carbocycles. The third-order valence-corrected chi connectivity index (χ3v) is 2.36. The molecule has 0 radical (unpaired) electrons. The van der Waals surface area contributed by atoms with Gasteiger partial charge in [0.2, 0.25) is 0 Å². The molecule has 0 amide bonds. The molecule has 0 aliphatic heterocycles. The first-order chi connectivity index (χ1) is 6.33. The Morgan fingerprint density at radius 2 is 2.15 bits per heavy atom. The molecule has 0 spiro atoms. The topological polar surface area (TPSA) is 0 Å². The van der Waals surface area contributed by atoms with Crippen LogP contribution in [0.25, 0.3) is 0 Å². The van der Waals surface area contributed by atoms with Crippen LogP contribution in [0.5, 0.6) is 0 Å². The van der Waals surface area contributed by atoms with E-state index in [0.717, 1.165) is 10.9 Å². The highest BCUT2D eigenvalue weighted by atomic mass is 79.9. The highest BCUT2D eigenvalue weighted by Gasteiger charge is 1.89. The van der Waals surface area contributed by atoms with Crippen molar-refractivity contribution in [3.8, 4) is 0 Å². The van der Waals surface area contributed by atoms with E-state index in [1.54, 1.807) is 0 Å². The molecule has 0 heterocycles. The summed E-state index contributed by atoms with van der Waals surface area (Å²) >= 11 is 3.46. The van der Waals surface area contributed by atoms with Crippen molar-refractivity contribution in [2.45, 2.75) is 26.2 Å². The summed E-state index contributed by atoms with van der Waals surface area (Å²) in [5.41, 5.74) is 1.36. The molecule has 1 heteroatoms. The smallest absolute Gasteiger partial charge is 0.0178 e. The first-order valence-electron chi connectivity index (χ1n) is 4.72. The molecule has 1 aromatic carbocycles. The summed E-state index contributed by atoms with van der Waals surface area (Å²) in [6.45, 7) is 2.20. The van der Waals surface area contributed by atoms with Gasteiger partial charge in [-0.25, -0.2) is 0 Å². The van der Waals surface area contributed by atoms with Gasteiger partial charge < -0.3 is 0 Å². The predicted octanol–water partition coefficient (Wildman–Crippen LogP) is 4.35. The Morgan fingerprint density at radius 3 is 2.85 bits per heavy atom. The minimum Gasteiger partial charge on any atom is -0.0882 e. The fourth-order valence-corrected chi connectivity index (χ4v) is 1.61. The van der Waals surface area contributed by atoms with E-state index < -0.39 is 0 Å². The third kappa shape index (κ3) is 4.28. The molecule has 0 unspecified atom stereocenters. The number of hydrogen-bond donors (Lipinski definition) is 0. The van der Waals surface area contributed by atoms with Crippen molar-refractivity contribution in [2.24, 2.45) is 0 Å². The normalized spacial score (nSPS) is 10.9. The van der Waals surface area contributed by atoms with Crippen LogP contribution in [0.2, 0.25) is 0 Å². The number of hydrogen-bond acceptors (Lipinski definition) is 0. The number of allylic oxidation sites excluding steroid dienone is 2. The molecular weight excluding hydrogens is 224 g/mol. The van der Waals surface area contributed by atoms with E-state index in [1.807, 2.05) is 0 Å². The molecule has 1 aromatic rings. The van der Waals surface area contributed by atoms with Crippen LogP contribution in [0.15, 0.2) is 40.9 Å². The Morgan fingerprint density at radius 1 is 1.31 bits per heavy atom. The lowest BCUT2D eigenvalue weighted by atomic mass is 10.1. The molecule has 0 saturated heterocycles. The van der Waals surface area contributed by atoms with Crippen LogP contribution >= 0.6 is 15.9 Å². The van der Waals surface area contributed by atoms with Crippen LogP contribution in [0.4, 0.5) is 0 Å². The maximum atomic E-state index is 3.46. The van der Waals surface area contributed by atoms with Crippen LogP contribution in [-0.4, -0.2) is 0 Å². The van der Waals surface area contributed by atoms with Crippen LogP contribution in [-0.2, 0) is 6.42 Å². The minimum absolute atomic E-state index is 1.04. The second kappa shape index (κ2) is 5.98. The predicted molar refractivity (Wildman–Crippen MR) is 61.9 cm³/mol. The van der Waals surface area contributed by atoms with Gasteiger partial charge in [-0.15, -0.1) is 0 Å². The molecule has 13 heavy (non-hydrogen) atoms. The quantitative estimate of drug-likeness (QED) is 0.685. The van der Waals surface area contributed by atoms with E-state index in [1.165, 1.54) is 18.4 Å². The van der Waals surface area contributed by atoms with Gasteiger partial charge in [0, 0.05) is 4.47 Å². The van der Waals surface area contributed by atoms with Gasteiger partial charge in [-0.3, -0.25) is 0 Å². The summed E-state index contributed by atoms with van der Waals surface area (Å²) in [6.07, 6.45) is 7.95. The van der Waals surface area contributed by atoms with Crippen molar-refractivity contribution < 1.29 is 0 Å². The number of halogens is 1. The van der Waals surface area contributed by atoms with E-state index in [4.69, 9.17) is 0 Å². The molecule has 0 fully saturated rings. The third-order valence-electron chi connectivity index (χ3n) is 1.86. The number of rotatable bonds is 4. The molecule has 0 saturated carbocycles. The van der Waals surface area contributed by atoms with Gasteiger partial charge in [0.05, 0.1) is 0 Å². The summed E-state index contributed by atoms with van der Waals surface area (Å²) in [5, 5.41) is 0. The fraction of sp³-hybridized carbons (Fsp3) is 0.333. The van der Waals surface area contributed by atoms with E-state index in [0.29, 0.717) is 0 Å². The number of benzene rings is 1. The maximum absolute atomic E-state index is 3.46. The highest BCUT2D eigenvalue weighted by molar-refractivity contribution is 9.10. The average Bonchev–Trinajstić information content (AvgIpc) is 2.13. The SMILES string of the molecule is CCCC=CCc1cccc(Br)c1. The van der Waals surface area contributed by atoms with Crippen molar-refractivity contribution in [3.63, 3.8) is 0 Å². The summed E-state index contributed by atoms with van der Waals surface area (Å²) < 4.78 is 1.16. The Bertz CT molecular complexity index is 276. The van der Waals surface area contributed by atoms with Crippen LogP contribution in [0.1, 0.15) is 25.3 Å². The fourth-order valence-electron chi connectivity index (χ4n) is 1.17. The Labute approximate surface area is 88.8 Å². The van der Waals surface area contributed by atoms with Gasteiger partial charge in [0.15, 0.2) is 0 Å². The van der Waals surface area contributed by atoms with Crippen molar-refractivity contribution in [2.75, 3.05) is 0 Å². The molecule has 0 aliphatic rings. The van der Waals surface area contributed by atoms with Gasteiger partial charge in [0.1, 0.15) is 0 Å². The summed E-state index contributed by atoms with van der Waals surface area (Å²) in [6, 6.07) is 8.45. The van der Waals surface area contributed by atoms with Gasteiger partial charge >= 0.3 is 0 Å². The second-order valence-electron chi connectivity index (χ2n) is 3.09. The van der Waals surface area contributed by atoms with Gasteiger partial charge in [-0.2, -0.15) is 0 Å². The van der Waals surface area contributed by atoms with E-state index in [-0.39, 0.29) is 0 Å². The minimum atomic E-state index is 1.04. The summed E-state index contributed by atoms with van der Waals surface area (Å²) in [7, 11) is 0. The zero-order valence-electron chi connectivity index (χ0n) is 7.96. The van der Waals surface area contributed by atoms with Crippen LogP contribution < -0.4 is 0 Å². The van der Waals surface area contributed by atoms with E-state index >= 15 is 0 Å². The zero-order valence-corrected chi connectivity index (χ0v) is 9.55.